The van der Waals surface area contributed by atoms with E-state index in [9.17, 15) is 10.1 Å². The van der Waals surface area contributed by atoms with Gasteiger partial charge in [-0.15, -0.1) is 0 Å². The molecule has 0 spiro atoms. The van der Waals surface area contributed by atoms with Gasteiger partial charge in [-0.05, 0) is 48.7 Å². The van der Waals surface area contributed by atoms with E-state index in [2.05, 4.69) is 0 Å². The van der Waals surface area contributed by atoms with Crippen LogP contribution >= 0.6 is 0 Å². The summed E-state index contributed by atoms with van der Waals surface area (Å²) in [5.74, 6) is 0.542. The molecule has 0 aliphatic heterocycles. The lowest BCUT2D eigenvalue weighted by molar-refractivity contribution is -0.129. The summed E-state index contributed by atoms with van der Waals surface area (Å²) in [7, 11) is 0. The molecular weight excluding hydrogens is 302 g/mol. The van der Waals surface area contributed by atoms with Crippen LogP contribution in [0.5, 0.6) is 11.5 Å². The van der Waals surface area contributed by atoms with Crippen LogP contribution in [0.25, 0.3) is 6.08 Å². The normalized spacial score (nSPS) is 10.8. The first-order chi connectivity index (χ1) is 11.6. The van der Waals surface area contributed by atoms with E-state index in [1.165, 1.54) is 6.08 Å². The number of hydrogen-bond acceptors (Lipinski definition) is 4. The fourth-order valence-electron chi connectivity index (χ4n) is 2.01. The smallest absolute Gasteiger partial charge is 0.354 e. The second-order valence-electron chi connectivity index (χ2n) is 5.24. The number of carbonyl (C=O) groups excluding carboxylic acids is 1. The summed E-state index contributed by atoms with van der Waals surface area (Å²) in [5.41, 5.74) is 1.51. The van der Waals surface area contributed by atoms with Gasteiger partial charge in [0.1, 0.15) is 23.1 Å². The largest absolute Gasteiger partial charge is 0.494 e. The topological polar surface area (TPSA) is 59.3 Å². The quantitative estimate of drug-likeness (QED) is 0.344. The summed E-state index contributed by atoms with van der Waals surface area (Å²) in [6.45, 7) is 4.53. The third-order valence-electron chi connectivity index (χ3n) is 3.30. The Hall–Kier alpha value is -3.06. The Labute approximate surface area is 141 Å². The summed E-state index contributed by atoms with van der Waals surface area (Å²) in [4.78, 5) is 12.2. The fraction of sp³-hybridized carbons (Fsp3) is 0.200. The first-order valence-electron chi connectivity index (χ1n) is 7.76. The number of esters is 1. The standard InChI is InChI=1S/C20H19NO3/c1-3-12-23-18-10-8-16(9-11-18)13-17(14-21)20(22)24-19-7-5-4-6-15(19)2/h4-11,13H,3,12H2,1-2H3/b17-13+. The Balaban J connectivity index is 2.12. The Morgan fingerprint density at radius 2 is 1.88 bits per heavy atom. The van der Waals surface area contributed by atoms with Gasteiger partial charge in [-0.2, -0.15) is 5.26 Å². The van der Waals surface area contributed by atoms with Crippen molar-refractivity contribution in [1.29, 1.82) is 5.26 Å². The van der Waals surface area contributed by atoms with Crippen molar-refractivity contribution in [3.8, 4) is 17.6 Å². The highest BCUT2D eigenvalue weighted by molar-refractivity contribution is 5.99. The van der Waals surface area contributed by atoms with Crippen LogP contribution in [0, 0.1) is 18.3 Å². The van der Waals surface area contributed by atoms with Crippen LogP contribution in [-0.4, -0.2) is 12.6 Å². The lowest BCUT2D eigenvalue weighted by Crippen LogP contribution is -2.10. The molecule has 24 heavy (non-hydrogen) atoms. The molecule has 2 aromatic rings. The number of nitriles is 1. The van der Waals surface area contributed by atoms with E-state index in [4.69, 9.17) is 9.47 Å². The minimum atomic E-state index is -0.668. The molecule has 0 radical (unpaired) electrons. The summed E-state index contributed by atoms with van der Waals surface area (Å²) in [6, 6.07) is 16.3. The van der Waals surface area contributed by atoms with E-state index >= 15 is 0 Å². The van der Waals surface area contributed by atoms with Crippen LogP contribution in [0.3, 0.4) is 0 Å². The maximum atomic E-state index is 12.2. The molecule has 0 unspecified atom stereocenters. The molecule has 2 aromatic carbocycles. The van der Waals surface area contributed by atoms with Crippen molar-refractivity contribution in [3.05, 3.63) is 65.2 Å². The predicted molar refractivity (Wildman–Crippen MR) is 92.6 cm³/mol. The summed E-state index contributed by atoms with van der Waals surface area (Å²) >= 11 is 0. The Morgan fingerprint density at radius 3 is 2.50 bits per heavy atom. The van der Waals surface area contributed by atoms with Gasteiger partial charge >= 0.3 is 5.97 Å². The molecule has 0 fully saturated rings. The van der Waals surface area contributed by atoms with Gasteiger partial charge in [0.25, 0.3) is 0 Å². The molecule has 0 N–H and O–H groups in total. The molecule has 0 atom stereocenters. The summed E-state index contributed by atoms with van der Waals surface area (Å²) in [5, 5.41) is 9.23. The zero-order chi connectivity index (χ0) is 17.4. The molecule has 4 heteroatoms. The maximum absolute atomic E-state index is 12.2. The van der Waals surface area contributed by atoms with Crippen LogP contribution in [0.1, 0.15) is 24.5 Å². The molecule has 122 valence electrons. The van der Waals surface area contributed by atoms with Crippen molar-refractivity contribution in [1.82, 2.24) is 0 Å². The SMILES string of the molecule is CCCOc1ccc(/C=C(\C#N)C(=O)Oc2ccccc2C)cc1. The molecule has 0 amide bonds. The molecule has 0 saturated carbocycles. The Kier molecular flexibility index (Phi) is 6.16. The number of aryl methyl sites for hydroxylation is 1. The second kappa shape index (κ2) is 8.54. The van der Waals surface area contributed by atoms with E-state index in [0.29, 0.717) is 12.4 Å². The number of nitrogens with zero attached hydrogens (tertiary/aromatic N) is 1. The van der Waals surface area contributed by atoms with Crippen molar-refractivity contribution < 1.29 is 14.3 Å². The summed E-state index contributed by atoms with van der Waals surface area (Å²) < 4.78 is 10.8. The number of hydrogen-bond donors (Lipinski definition) is 0. The Bertz CT molecular complexity index is 770. The van der Waals surface area contributed by atoms with Gasteiger partial charge < -0.3 is 9.47 Å². The predicted octanol–water partition coefficient (Wildman–Crippen LogP) is 4.30. The molecule has 0 aromatic heterocycles. The zero-order valence-electron chi connectivity index (χ0n) is 13.8. The molecule has 0 bridgehead atoms. The lowest BCUT2D eigenvalue weighted by atomic mass is 10.1. The third-order valence-corrected chi connectivity index (χ3v) is 3.30. The van der Waals surface area contributed by atoms with Crippen molar-refractivity contribution in [3.63, 3.8) is 0 Å². The molecule has 0 heterocycles. The lowest BCUT2D eigenvalue weighted by Gasteiger charge is -2.06. The van der Waals surface area contributed by atoms with Crippen LogP contribution in [0.2, 0.25) is 0 Å². The van der Waals surface area contributed by atoms with Crippen molar-refractivity contribution in [2.24, 2.45) is 0 Å². The van der Waals surface area contributed by atoms with Crippen molar-refractivity contribution in [2.45, 2.75) is 20.3 Å². The minimum absolute atomic E-state index is 0.0551. The minimum Gasteiger partial charge on any atom is -0.494 e. The molecule has 0 aliphatic rings. The van der Waals surface area contributed by atoms with E-state index < -0.39 is 5.97 Å². The van der Waals surface area contributed by atoms with Gasteiger partial charge in [-0.25, -0.2) is 4.79 Å². The number of benzene rings is 2. The number of para-hydroxylation sites is 1. The molecular formula is C20H19NO3. The first kappa shape index (κ1) is 17.3. The molecule has 2 rings (SSSR count). The van der Waals surface area contributed by atoms with Gasteiger partial charge in [-0.1, -0.05) is 37.3 Å². The number of carbonyl (C=O) groups is 1. The van der Waals surface area contributed by atoms with Crippen LogP contribution in [0.4, 0.5) is 0 Å². The second-order valence-corrected chi connectivity index (χ2v) is 5.24. The highest BCUT2D eigenvalue weighted by atomic mass is 16.5. The summed E-state index contributed by atoms with van der Waals surface area (Å²) in [6.07, 6.45) is 2.44. The van der Waals surface area contributed by atoms with Crippen molar-refractivity contribution >= 4 is 12.0 Å². The van der Waals surface area contributed by atoms with Crippen LogP contribution < -0.4 is 9.47 Å². The van der Waals surface area contributed by atoms with E-state index in [1.807, 2.05) is 44.2 Å². The molecule has 4 nitrogen and oxygen atoms in total. The highest BCUT2D eigenvalue weighted by Crippen LogP contribution is 2.19. The molecule has 0 saturated heterocycles. The fourth-order valence-corrected chi connectivity index (χ4v) is 2.01. The van der Waals surface area contributed by atoms with Crippen LogP contribution in [-0.2, 0) is 4.79 Å². The third kappa shape index (κ3) is 4.72. The number of ether oxygens (including phenoxy) is 2. The highest BCUT2D eigenvalue weighted by Gasteiger charge is 2.13. The van der Waals surface area contributed by atoms with E-state index in [1.54, 1.807) is 24.3 Å². The van der Waals surface area contributed by atoms with Crippen molar-refractivity contribution in [2.75, 3.05) is 6.61 Å². The molecule has 0 aliphatic carbocycles. The van der Waals surface area contributed by atoms with E-state index in [0.717, 1.165) is 23.3 Å². The zero-order valence-corrected chi connectivity index (χ0v) is 13.8. The van der Waals surface area contributed by atoms with Gasteiger partial charge in [0.2, 0.25) is 0 Å². The monoisotopic (exact) mass is 321 g/mol. The van der Waals surface area contributed by atoms with Gasteiger partial charge in [0, 0.05) is 0 Å². The average Bonchev–Trinajstić information content (AvgIpc) is 2.60. The van der Waals surface area contributed by atoms with E-state index in [-0.39, 0.29) is 5.57 Å². The van der Waals surface area contributed by atoms with Gasteiger partial charge in [-0.3, -0.25) is 0 Å². The number of rotatable bonds is 6. The van der Waals surface area contributed by atoms with Gasteiger partial charge in [0.05, 0.1) is 6.61 Å². The average molecular weight is 321 g/mol. The maximum Gasteiger partial charge on any atom is 0.354 e. The first-order valence-corrected chi connectivity index (χ1v) is 7.76. The van der Waals surface area contributed by atoms with Gasteiger partial charge in [0.15, 0.2) is 0 Å². The van der Waals surface area contributed by atoms with Crippen LogP contribution in [0.15, 0.2) is 54.1 Å². The Morgan fingerprint density at radius 1 is 1.17 bits per heavy atom.